The van der Waals surface area contributed by atoms with Gasteiger partial charge in [0, 0.05) is 11.7 Å². The first kappa shape index (κ1) is 17.1. The molecule has 1 amide bonds. The van der Waals surface area contributed by atoms with Crippen LogP contribution < -0.4 is 5.32 Å². The van der Waals surface area contributed by atoms with Crippen LogP contribution in [0, 0.1) is 0 Å². The van der Waals surface area contributed by atoms with Gasteiger partial charge in [-0.2, -0.15) is 0 Å². The number of hydrogen-bond donors (Lipinski definition) is 1. The summed E-state index contributed by atoms with van der Waals surface area (Å²) in [6.07, 6.45) is 1.67. The Morgan fingerprint density at radius 3 is 2.48 bits per heavy atom. The van der Waals surface area contributed by atoms with Gasteiger partial charge in [0.05, 0.1) is 0 Å². The van der Waals surface area contributed by atoms with Crippen LogP contribution in [0.3, 0.4) is 0 Å². The van der Waals surface area contributed by atoms with Crippen molar-refractivity contribution in [1.29, 1.82) is 0 Å². The van der Waals surface area contributed by atoms with Crippen LogP contribution in [-0.2, 0) is 16.0 Å². The molecule has 1 N–H and O–H groups in total. The normalized spacial score (nSPS) is 19.9. The average molecular weight is 337 g/mol. The van der Waals surface area contributed by atoms with Gasteiger partial charge < -0.3 is 10.1 Å². The van der Waals surface area contributed by atoms with Gasteiger partial charge in [-0.25, -0.2) is 4.99 Å². The molecular formula is C20H23N3O2. The summed E-state index contributed by atoms with van der Waals surface area (Å²) in [5, 5.41) is 2.99. The second-order valence-electron chi connectivity index (χ2n) is 7.18. The lowest BCUT2D eigenvalue weighted by Gasteiger charge is -2.24. The first-order valence-electron chi connectivity index (χ1n) is 8.44. The Morgan fingerprint density at radius 1 is 1.12 bits per heavy atom. The summed E-state index contributed by atoms with van der Waals surface area (Å²) < 4.78 is 5.92. The molecular weight excluding hydrogens is 314 g/mol. The van der Waals surface area contributed by atoms with Gasteiger partial charge in [0.1, 0.15) is 11.7 Å². The summed E-state index contributed by atoms with van der Waals surface area (Å²) in [5.41, 5.74) is 1.44. The minimum atomic E-state index is -0.656. The SMILES string of the molecule is CC(C)(C)NC(=O)C1OC(c2ccccn2)=N[C@H]1Cc1ccccc1. The molecule has 0 aliphatic carbocycles. The van der Waals surface area contributed by atoms with E-state index in [2.05, 4.69) is 15.3 Å². The lowest BCUT2D eigenvalue weighted by molar-refractivity contribution is -0.130. The number of ether oxygens (including phenoxy) is 1. The van der Waals surface area contributed by atoms with Gasteiger partial charge in [-0.05, 0) is 44.9 Å². The van der Waals surface area contributed by atoms with E-state index in [9.17, 15) is 4.79 Å². The fraction of sp³-hybridized carbons (Fsp3) is 0.350. The van der Waals surface area contributed by atoms with Crippen LogP contribution in [0.15, 0.2) is 59.7 Å². The molecule has 5 nitrogen and oxygen atoms in total. The van der Waals surface area contributed by atoms with E-state index in [-0.39, 0.29) is 17.5 Å². The minimum Gasteiger partial charge on any atom is -0.461 e. The number of carbonyl (C=O) groups is 1. The predicted molar refractivity (Wildman–Crippen MR) is 97.5 cm³/mol. The highest BCUT2D eigenvalue weighted by atomic mass is 16.5. The molecule has 3 rings (SSSR count). The quantitative estimate of drug-likeness (QED) is 0.933. The van der Waals surface area contributed by atoms with Crippen LogP contribution in [0.25, 0.3) is 0 Å². The highest BCUT2D eigenvalue weighted by molar-refractivity contribution is 5.97. The number of nitrogens with one attached hydrogen (secondary N) is 1. The van der Waals surface area contributed by atoms with Gasteiger partial charge >= 0.3 is 0 Å². The van der Waals surface area contributed by atoms with Crippen LogP contribution in [0.5, 0.6) is 0 Å². The summed E-state index contributed by atoms with van der Waals surface area (Å²) >= 11 is 0. The maximum atomic E-state index is 12.7. The van der Waals surface area contributed by atoms with Crippen molar-refractivity contribution in [1.82, 2.24) is 10.3 Å². The van der Waals surface area contributed by atoms with Crippen LogP contribution in [0.2, 0.25) is 0 Å². The van der Waals surface area contributed by atoms with Crippen LogP contribution in [0.1, 0.15) is 32.0 Å². The van der Waals surface area contributed by atoms with Gasteiger partial charge in [0.2, 0.25) is 12.0 Å². The van der Waals surface area contributed by atoms with Crippen molar-refractivity contribution < 1.29 is 9.53 Å². The van der Waals surface area contributed by atoms with E-state index in [1.165, 1.54) is 0 Å². The molecule has 0 fully saturated rings. The van der Waals surface area contributed by atoms with Crippen LogP contribution in [-0.4, -0.2) is 34.5 Å². The number of carbonyl (C=O) groups excluding carboxylic acids is 1. The Hall–Kier alpha value is -2.69. The summed E-state index contributed by atoms with van der Waals surface area (Å²) in [5.74, 6) is 0.277. The Balaban J connectivity index is 1.84. The standard InChI is InChI=1S/C20H23N3O2/c1-20(2,3)23-18(24)17-16(13-14-9-5-4-6-10-14)22-19(25-17)15-11-7-8-12-21-15/h4-12,16-17H,13H2,1-3H3,(H,23,24)/t16-,17?/m0/s1. The third kappa shape index (κ3) is 4.44. The van der Waals surface area contributed by atoms with Gasteiger partial charge in [-0.15, -0.1) is 0 Å². The third-order valence-corrected chi connectivity index (χ3v) is 3.80. The molecule has 5 heteroatoms. The van der Waals surface area contributed by atoms with Crippen molar-refractivity contribution in [3.05, 3.63) is 66.0 Å². The maximum absolute atomic E-state index is 12.7. The molecule has 1 aliphatic rings. The highest BCUT2D eigenvalue weighted by Crippen LogP contribution is 2.22. The third-order valence-electron chi connectivity index (χ3n) is 3.80. The second kappa shape index (κ2) is 7.05. The number of benzene rings is 1. The Bertz CT molecular complexity index is 752. The van der Waals surface area contributed by atoms with Crippen LogP contribution in [0.4, 0.5) is 0 Å². The lowest BCUT2D eigenvalue weighted by Crippen LogP contribution is -2.49. The monoisotopic (exact) mass is 337 g/mol. The van der Waals surface area contributed by atoms with Crippen molar-refractivity contribution in [2.45, 2.75) is 44.9 Å². The molecule has 1 unspecified atom stereocenters. The summed E-state index contributed by atoms with van der Waals surface area (Å²) in [7, 11) is 0. The molecule has 2 heterocycles. The van der Waals surface area contributed by atoms with E-state index >= 15 is 0 Å². The molecule has 0 saturated carbocycles. The van der Waals surface area contributed by atoms with Crippen molar-refractivity contribution in [2.24, 2.45) is 4.99 Å². The number of rotatable bonds is 4. The zero-order chi connectivity index (χ0) is 17.9. The molecule has 130 valence electrons. The largest absolute Gasteiger partial charge is 0.461 e. The first-order chi connectivity index (χ1) is 11.9. The summed E-state index contributed by atoms with van der Waals surface area (Å²) in [4.78, 5) is 21.6. The van der Waals surface area contributed by atoms with Crippen LogP contribution >= 0.6 is 0 Å². The number of nitrogens with zero attached hydrogens (tertiary/aromatic N) is 2. The van der Waals surface area contributed by atoms with E-state index in [4.69, 9.17) is 4.74 Å². The van der Waals surface area contributed by atoms with Crippen molar-refractivity contribution in [2.75, 3.05) is 0 Å². The fourth-order valence-electron chi connectivity index (χ4n) is 2.74. The molecule has 2 aromatic rings. The van der Waals surface area contributed by atoms with Gasteiger partial charge in [0.15, 0.2) is 0 Å². The van der Waals surface area contributed by atoms with Gasteiger partial charge in [-0.3, -0.25) is 9.78 Å². The minimum absolute atomic E-state index is 0.150. The number of aliphatic imine (C=N–C) groups is 1. The molecule has 0 saturated heterocycles. The van der Waals surface area contributed by atoms with E-state index < -0.39 is 6.10 Å². The highest BCUT2D eigenvalue weighted by Gasteiger charge is 2.38. The molecule has 2 atom stereocenters. The fourth-order valence-corrected chi connectivity index (χ4v) is 2.74. The smallest absolute Gasteiger partial charge is 0.263 e. The molecule has 25 heavy (non-hydrogen) atoms. The van der Waals surface area contributed by atoms with Crippen molar-refractivity contribution in [3.8, 4) is 0 Å². The molecule has 0 radical (unpaired) electrons. The van der Waals surface area contributed by atoms with E-state index in [1.807, 2.05) is 69.3 Å². The number of amides is 1. The zero-order valence-corrected chi connectivity index (χ0v) is 14.8. The van der Waals surface area contributed by atoms with E-state index in [0.29, 0.717) is 18.0 Å². The van der Waals surface area contributed by atoms with E-state index in [0.717, 1.165) is 5.56 Å². The Kier molecular flexibility index (Phi) is 4.83. The Morgan fingerprint density at radius 2 is 1.84 bits per heavy atom. The number of aromatic nitrogens is 1. The van der Waals surface area contributed by atoms with Crippen molar-refractivity contribution >= 4 is 11.8 Å². The molecule has 1 aliphatic heterocycles. The average Bonchev–Trinajstić information content (AvgIpc) is 2.99. The Labute approximate surface area is 148 Å². The molecule has 0 bridgehead atoms. The maximum Gasteiger partial charge on any atom is 0.263 e. The second-order valence-corrected chi connectivity index (χ2v) is 7.18. The van der Waals surface area contributed by atoms with E-state index in [1.54, 1.807) is 6.20 Å². The lowest BCUT2D eigenvalue weighted by atomic mass is 10.0. The van der Waals surface area contributed by atoms with Crippen molar-refractivity contribution in [3.63, 3.8) is 0 Å². The first-order valence-corrected chi connectivity index (χ1v) is 8.44. The molecule has 0 spiro atoms. The van der Waals surface area contributed by atoms with Gasteiger partial charge in [0.25, 0.3) is 5.91 Å². The summed E-state index contributed by atoms with van der Waals surface area (Å²) in [6.45, 7) is 5.85. The number of hydrogen-bond acceptors (Lipinski definition) is 4. The molecule has 1 aromatic heterocycles. The topological polar surface area (TPSA) is 63.6 Å². The zero-order valence-electron chi connectivity index (χ0n) is 14.8. The number of pyridine rings is 1. The summed E-state index contributed by atoms with van der Waals surface area (Å²) in [6, 6.07) is 15.3. The molecule has 1 aromatic carbocycles. The van der Waals surface area contributed by atoms with Gasteiger partial charge in [-0.1, -0.05) is 36.4 Å². The predicted octanol–water partition coefficient (Wildman–Crippen LogP) is 2.75.